The summed E-state index contributed by atoms with van der Waals surface area (Å²) in [5.41, 5.74) is 1.77. The highest BCUT2D eigenvalue weighted by molar-refractivity contribution is 9.11. The average molecular weight is 360 g/mol. The predicted molar refractivity (Wildman–Crippen MR) is 75.7 cm³/mol. The van der Waals surface area contributed by atoms with Crippen LogP contribution in [0.25, 0.3) is 0 Å². The quantitative estimate of drug-likeness (QED) is 0.862. The van der Waals surface area contributed by atoms with Crippen LogP contribution in [0.3, 0.4) is 0 Å². The van der Waals surface area contributed by atoms with E-state index in [-0.39, 0.29) is 0 Å². The summed E-state index contributed by atoms with van der Waals surface area (Å²) in [5.74, 6) is 1.02. The van der Waals surface area contributed by atoms with Crippen molar-refractivity contribution in [1.82, 2.24) is 10.3 Å². The molecule has 0 aliphatic heterocycles. The van der Waals surface area contributed by atoms with Gasteiger partial charge in [0.15, 0.2) is 0 Å². The van der Waals surface area contributed by atoms with E-state index >= 15 is 0 Å². The highest BCUT2D eigenvalue weighted by atomic mass is 79.9. The summed E-state index contributed by atoms with van der Waals surface area (Å²) in [6.45, 7) is 2.03. The number of nitrogens with one attached hydrogen (secondary N) is 1. The number of aromatic nitrogens is 1. The molecule has 0 aromatic carbocycles. The fourth-order valence-corrected chi connectivity index (χ4v) is 3.72. The first-order valence-corrected chi connectivity index (χ1v) is 7.79. The van der Waals surface area contributed by atoms with Crippen LogP contribution in [-0.2, 0) is 6.54 Å². The van der Waals surface area contributed by atoms with Crippen LogP contribution in [0, 0.1) is 11.3 Å². The lowest BCUT2D eigenvalue weighted by atomic mass is 10.0. The van der Waals surface area contributed by atoms with E-state index in [1.807, 2.05) is 6.20 Å². The highest BCUT2D eigenvalue weighted by Crippen LogP contribution is 2.60. The van der Waals surface area contributed by atoms with Crippen LogP contribution in [0.2, 0.25) is 0 Å². The van der Waals surface area contributed by atoms with Crippen LogP contribution >= 0.6 is 31.9 Å². The van der Waals surface area contributed by atoms with Crippen LogP contribution in [0.15, 0.2) is 21.2 Å². The minimum Gasteiger partial charge on any atom is -0.311 e. The number of nitrogens with zero attached hydrogens (tertiary/aromatic N) is 1. The number of halogens is 2. The lowest BCUT2D eigenvalue weighted by Crippen LogP contribution is -2.25. The molecule has 92 valence electrons. The fourth-order valence-electron chi connectivity index (χ4n) is 2.59. The van der Waals surface area contributed by atoms with Gasteiger partial charge in [0.2, 0.25) is 0 Å². The molecular weight excluding hydrogens is 344 g/mol. The molecule has 1 aromatic heterocycles. The van der Waals surface area contributed by atoms with Crippen molar-refractivity contribution in [3.63, 3.8) is 0 Å². The number of hydrogen-bond acceptors (Lipinski definition) is 2. The normalized spacial score (nSPS) is 21.5. The van der Waals surface area contributed by atoms with E-state index in [2.05, 4.69) is 48.2 Å². The summed E-state index contributed by atoms with van der Waals surface area (Å²) in [7, 11) is 0. The molecule has 2 saturated carbocycles. The van der Waals surface area contributed by atoms with E-state index in [4.69, 9.17) is 0 Å². The highest BCUT2D eigenvalue weighted by Gasteiger charge is 2.53. The van der Waals surface area contributed by atoms with Crippen molar-refractivity contribution in [1.29, 1.82) is 0 Å². The molecule has 0 amide bonds. The SMILES string of the molecule is Brc1cnc(CNCC2(C3CC3)CC2)c(Br)c1. The third kappa shape index (κ3) is 2.74. The molecule has 3 rings (SSSR count). The standard InChI is InChI=1S/C13H16Br2N2/c14-10-5-11(15)12(17-6-10)7-16-8-13(3-4-13)9-1-2-9/h5-6,9,16H,1-4,7-8H2. The van der Waals surface area contributed by atoms with Gasteiger partial charge in [-0.2, -0.15) is 0 Å². The fraction of sp³-hybridized carbons (Fsp3) is 0.615. The lowest BCUT2D eigenvalue weighted by Gasteiger charge is -2.15. The van der Waals surface area contributed by atoms with Crippen LogP contribution in [0.4, 0.5) is 0 Å². The van der Waals surface area contributed by atoms with E-state index in [9.17, 15) is 0 Å². The van der Waals surface area contributed by atoms with Gasteiger partial charge >= 0.3 is 0 Å². The number of hydrogen-bond donors (Lipinski definition) is 1. The Morgan fingerprint density at radius 2 is 2.12 bits per heavy atom. The monoisotopic (exact) mass is 358 g/mol. The Kier molecular flexibility index (Phi) is 3.30. The van der Waals surface area contributed by atoms with Gasteiger partial charge in [0.25, 0.3) is 0 Å². The maximum atomic E-state index is 4.42. The Hall–Kier alpha value is 0.0700. The van der Waals surface area contributed by atoms with Gasteiger partial charge in [-0.1, -0.05) is 0 Å². The Balaban J connectivity index is 1.53. The number of pyridine rings is 1. The first-order chi connectivity index (χ1) is 8.20. The van der Waals surface area contributed by atoms with Crippen LogP contribution in [-0.4, -0.2) is 11.5 Å². The third-order valence-electron chi connectivity index (χ3n) is 3.99. The Labute approximate surface area is 119 Å². The van der Waals surface area contributed by atoms with E-state index in [1.54, 1.807) is 0 Å². The maximum absolute atomic E-state index is 4.42. The largest absolute Gasteiger partial charge is 0.311 e. The van der Waals surface area contributed by atoms with Crippen LogP contribution in [0.5, 0.6) is 0 Å². The van der Waals surface area contributed by atoms with E-state index in [1.165, 1.54) is 32.2 Å². The van der Waals surface area contributed by atoms with Crippen LogP contribution in [0.1, 0.15) is 31.4 Å². The zero-order chi connectivity index (χ0) is 11.9. The Morgan fingerprint density at radius 3 is 2.71 bits per heavy atom. The van der Waals surface area contributed by atoms with Gasteiger partial charge in [-0.05, 0) is 74.9 Å². The first-order valence-electron chi connectivity index (χ1n) is 6.20. The molecule has 0 atom stereocenters. The van der Waals surface area contributed by atoms with Gasteiger partial charge in [-0.25, -0.2) is 0 Å². The van der Waals surface area contributed by atoms with Crippen molar-refractivity contribution < 1.29 is 0 Å². The second-order valence-corrected chi connectivity index (χ2v) is 7.09. The number of rotatable bonds is 5. The predicted octanol–water partition coefficient (Wildman–Crippen LogP) is 3.89. The third-order valence-corrected chi connectivity index (χ3v) is 5.11. The molecule has 2 aliphatic carbocycles. The van der Waals surface area contributed by atoms with E-state index in [0.29, 0.717) is 5.41 Å². The lowest BCUT2D eigenvalue weighted by molar-refractivity contribution is 0.402. The van der Waals surface area contributed by atoms with Crippen molar-refractivity contribution >= 4 is 31.9 Å². The van der Waals surface area contributed by atoms with Gasteiger partial charge in [-0.3, -0.25) is 4.98 Å². The zero-order valence-corrected chi connectivity index (χ0v) is 12.8. The summed E-state index contributed by atoms with van der Waals surface area (Å²) in [4.78, 5) is 4.42. The smallest absolute Gasteiger partial charge is 0.0684 e. The minimum absolute atomic E-state index is 0.668. The van der Waals surface area contributed by atoms with Crippen molar-refractivity contribution in [3.8, 4) is 0 Å². The molecule has 0 spiro atoms. The summed E-state index contributed by atoms with van der Waals surface area (Å²) in [5, 5.41) is 3.58. The Bertz CT molecular complexity index is 425. The van der Waals surface area contributed by atoms with Gasteiger partial charge < -0.3 is 5.32 Å². The van der Waals surface area contributed by atoms with Crippen molar-refractivity contribution in [2.75, 3.05) is 6.54 Å². The second-order valence-electron chi connectivity index (χ2n) is 5.32. The molecule has 0 radical (unpaired) electrons. The second kappa shape index (κ2) is 4.63. The minimum atomic E-state index is 0.668. The van der Waals surface area contributed by atoms with Gasteiger partial charge in [0, 0.05) is 28.2 Å². The summed E-state index contributed by atoms with van der Waals surface area (Å²) in [6.07, 6.45) is 7.64. The molecule has 1 heterocycles. The molecule has 2 aliphatic rings. The zero-order valence-electron chi connectivity index (χ0n) is 9.68. The van der Waals surface area contributed by atoms with Gasteiger partial charge in [0.1, 0.15) is 0 Å². The molecule has 2 fully saturated rings. The van der Waals surface area contributed by atoms with Gasteiger partial charge in [0.05, 0.1) is 5.69 Å². The average Bonchev–Trinajstić information content (AvgIpc) is 3.14. The van der Waals surface area contributed by atoms with Crippen LogP contribution < -0.4 is 5.32 Å². The molecule has 17 heavy (non-hydrogen) atoms. The molecule has 0 bridgehead atoms. The Morgan fingerprint density at radius 1 is 1.35 bits per heavy atom. The molecule has 4 heteroatoms. The molecule has 0 saturated heterocycles. The van der Waals surface area contributed by atoms with Gasteiger partial charge in [-0.15, -0.1) is 0 Å². The summed E-state index contributed by atoms with van der Waals surface area (Å²) in [6, 6.07) is 2.05. The molecular formula is C13H16Br2N2. The van der Waals surface area contributed by atoms with E-state index < -0.39 is 0 Å². The molecule has 2 nitrogen and oxygen atoms in total. The van der Waals surface area contributed by atoms with Crippen molar-refractivity contribution in [3.05, 3.63) is 26.9 Å². The molecule has 1 N–H and O–H groups in total. The van der Waals surface area contributed by atoms with Crippen molar-refractivity contribution in [2.24, 2.45) is 11.3 Å². The topological polar surface area (TPSA) is 24.9 Å². The maximum Gasteiger partial charge on any atom is 0.0684 e. The summed E-state index contributed by atoms with van der Waals surface area (Å²) < 4.78 is 2.10. The molecule has 1 aromatic rings. The van der Waals surface area contributed by atoms with Crippen molar-refractivity contribution in [2.45, 2.75) is 32.2 Å². The molecule has 0 unspecified atom stereocenters. The van der Waals surface area contributed by atoms with E-state index in [0.717, 1.165) is 27.1 Å². The summed E-state index contributed by atoms with van der Waals surface area (Å²) >= 11 is 6.97. The first kappa shape index (κ1) is 12.1.